The van der Waals surface area contributed by atoms with E-state index < -0.39 is 27.4 Å². The van der Waals surface area contributed by atoms with Crippen molar-refractivity contribution in [1.82, 2.24) is 18.8 Å². The van der Waals surface area contributed by atoms with E-state index in [0.717, 1.165) is 39.2 Å². The maximum atomic E-state index is 14.5. The maximum Gasteiger partial charge on any atom is 0.309 e. The Morgan fingerprint density at radius 1 is 1.19 bits per heavy atom. The van der Waals surface area contributed by atoms with Gasteiger partial charge in [0, 0.05) is 51.8 Å². The molecule has 3 aromatic rings. The second kappa shape index (κ2) is 10.0. The second-order valence-electron chi connectivity index (χ2n) is 9.29. The predicted octanol–water partition coefficient (Wildman–Crippen LogP) is 2.50. The third kappa shape index (κ3) is 5.26. The van der Waals surface area contributed by atoms with E-state index in [1.54, 1.807) is 0 Å². The fourth-order valence-electron chi connectivity index (χ4n) is 4.24. The Morgan fingerprint density at radius 2 is 1.84 bits per heavy atom. The van der Waals surface area contributed by atoms with Crippen molar-refractivity contribution in [3.63, 3.8) is 0 Å². The molecule has 0 unspecified atom stereocenters. The topological polar surface area (TPSA) is 125 Å². The molecule has 0 amide bonds. The van der Waals surface area contributed by atoms with Crippen molar-refractivity contribution in [2.75, 3.05) is 32.5 Å². The fraction of sp³-hybridized carbons (Fsp3) is 0.320. The van der Waals surface area contributed by atoms with Gasteiger partial charge >= 0.3 is 5.97 Å². The molecule has 0 radical (unpaired) electrons. The highest BCUT2D eigenvalue weighted by Gasteiger charge is 2.32. The van der Waals surface area contributed by atoms with E-state index in [2.05, 4.69) is 15.2 Å². The summed E-state index contributed by atoms with van der Waals surface area (Å²) < 4.78 is 41.8. The van der Waals surface area contributed by atoms with E-state index in [1.165, 1.54) is 31.1 Å². The summed E-state index contributed by atoms with van der Waals surface area (Å²) in [5, 5.41) is 11.7. The van der Waals surface area contributed by atoms with E-state index >= 15 is 0 Å². The average Bonchev–Trinajstić information content (AvgIpc) is 2.79. The van der Waals surface area contributed by atoms with Gasteiger partial charge in [-0.3, -0.25) is 19.1 Å². The normalized spacial score (nSPS) is 14.5. The summed E-state index contributed by atoms with van der Waals surface area (Å²) in [6, 6.07) is 7.00. The van der Waals surface area contributed by atoms with Crippen molar-refractivity contribution in [2.45, 2.75) is 25.3 Å². The first-order valence-corrected chi connectivity index (χ1v) is 12.9. The number of hydrogen-bond donors (Lipinski definition) is 2. The Bertz CT molecular complexity index is 1510. The third-order valence-electron chi connectivity index (χ3n) is 6.46. The minimum Gasteiger partial charge on any atom is -0.481 e. The van der Waals surface area contributed by atoms with Gasteiger partial charge in [-0.25, -0.2) is 22.1 Å². The molecule has 0 atom stereocenters. The Kier molecular flexibility index (Phi) is 7.18. The smallest absolute Gasteiger partial charge is 0.309 e. The molecule has 1 saturated heterocycles. The number of rotatable bonds is 8. The summed E-state index contributed by atoms with van der Waals surface area (Å²) in [4.78, 5) is 30.3. The lowest BCUT2D eigenvalue weighted by atomic mass is 9.96. The maximum absolute atomic E-state index is 14.5. The molecule has 10 nitrogen and oxygen atoms in total. The number of nitrogens with zero attached hydrogens (tertiary/aromatic N) is 4. The first-order valence-electron chi connectivity index (χ1n) is 11.5. The van der Waals surface area contributed by atoms with Crippen LogP contribution in [-0.2, 0) is 21.4 Å². The zero-order valence-corrected chi connectivity index (χ0v) is 21.7. The average molecular weight is 530 g/mol. The highest BCUT2D eigenvalue weighted by atomic mass is 32.2. The molecule has 1 aromatic heterocycles. The van der Waals surface area contributed by atoms with E-state index in [4.69, 9.17) is 5.11 Å². The van der Waals surface area contributed by atoms with E-state index in [-0.39, 0.29) is 22.3 Å². The lowest BCUT2D eigenvalue weighted by Crippen LogP contribution is -2.49. The number of hydrogen-bond acceptors (Lipinski definition) is 7. The molecule has 196 valence electrons. The van der Waals surface area contributed by atoms with Crippen LogP contribution in [0.25, 0.3) is 5.69 Å². The molecule has 0 spiro atoms. The number of aryl methyl sites for hydroxylation is 2. The summed E-state index contributed by atoms with van der Waals surface area (Å²) in [5.74, 6) is -2.02. The van der Waals surface area contributed by atoms with Gasteiger partial charge in [-0.2, -0.15) is 0 Å². The molecular weight excluding hydrogens is 501 g/mol. The Labute approximate surface area is 214 Å². The van der Waals surface area contributed by atoms with Crippen LogP contribution in [0.15, 0.2) is 52.4 Å². The Balaban J connectivity index is 1.62. The molecule has 1 fully saturated rings. The third-order valence-corrected chi connectivity index (χ3v) is 8.27. The van der Waals surface area contributed by atoms with Crippen LogP contribution in [0.1, 0.15) is 16.7 Å². The minimum absolute atomic E-state index is 0.128. The summed E-state index contributed by atoms with van der Waals surface area (Å²) in [7, 11) is -1.07. The molecule has 2 heterocycles. The Hall–Kier alpha value is -3.61. The molecule has 0 bridgehead atoms. The number of anilines is 2. The highest BCUT2D eigenvalue weighted by molar-refractivity contribution is 7.89. The molecule has 12 heteroatoms. The fourth-order valence-corrected chi connectivity index (χ4v) is 5.17. The monoisotopic (exact) mass is 529 g/mol. The highest BCUT2D eigenvalue weighted by Crippen LogP contribution is 2.26. The number of aliphatic carboxylic acids is 1. The van der Waals surface area contributed by atoms with Crippen LogP contribution < -0.4 is 10.9 Å². The lowest BCUT2D eigenvalue weighted by Gasteiger charge is -2.37. The number of benzene rings is 2. The van der Waals surface area contributed by atoms with Crippen molar-refractivity contribution < 1.29 is 22.7 Å². The summed E-state index contributed by atoms with van der Waals surface area (Å²) >= 11 is 0. The number of likely N-dealkylation sites (tertiary alicyclic amines) is 1. The van der Waals surface area contributed by atoms with E-state index in [9.17, 15) is 22.4 Å². The largest absolute Gasteiger partial charge is 0.481 e. The van der Waals surface area contributed by atoms with Gasteiger partial charge < -0.3 is 10.4 Å². The standard InChI is InChI=1S/C25H28FN5O5S/c1-15-9-18(10-16(2)20(15)14-30-12-17(13-30)25(33)34)31-8-7-27-23(24(31)32)28-22-11-19(5-6-21(22)26)37(35,36)29(3)4/h5-11,17H,12-14H2,1-4H3,(H,27,28)(H,33,34). The molecule has 1 aliphatic heterocycles. The van der Waals surface area contributed by atoms with Gasteiger partial charge in [0.1, 0.15) is 5.82 Å². The zero-order chi connectivity index (χ0) is 27.1. The van der Waals surface area contributed by atoms with Crippen molar-refractivity contribution in [3.05, 3.63) is 75.6 Å². The molecule has 4 rings (SSSR count). The molecule has 0 saturated carbocycles. The summed E-state index contributed by atoms with van der Waals surface area (Å²) in [6.07, 6.45) is 2.89. The van der Waals surface area contributed by atoms with Crippen LogP contribution in [0.3, 0.4) is 0 Å². The number of carboxylic acids is 1. The zero-order valence-electron chi connectivity index (χ0n) is 20.9. The Morgan fingerprint density at radius 3 is 2.43 bits per heavy atom. The number of halogens is 1. The van der Waals surface area contributed by atoms with Crippen LogP contribution in [-0.4, -0.2) is 65.4 Å². The predicted molar refractivity (Wildman–Crippen MR) is 136 cm³/mol. The van der Waals surface area contributed by atoms with Crippen LogP contribution in [0, 0.1) is 25.6 Å². The molecular formula is C25H28FN5O5S. The molecule has 2 aromatic carbocycles. The van der Waals surface area contributed by atoms with Crippen molar-refractivity contribution in [3.8, 4) is 5.69 Å². The van der Waals surface area contributed by atoms with E-state index in [0.29, 0.717) is 25.3 Å². The SMILES string of the molecule is Cc1cc(-n2ccnc(Nc3cc(S(=O)(=O)N(C)C)ccc3F)c2=O)cc(C)c1CN1CC(C(=O)O)C1. The van der Waals surface area contributed by atoms with Crippen molar-refractivity contribution in [2.24, 2.45) is 5.92 Å². The first kappa shape index (κ1) is 26.5. The van der Waals surface area contributed by atoms with Crippen molar-refractivity contribution in [1.29, 1.82) is 0 Å². The van der Waals surface area contributed by atoms with Crippen LogP contribution in [0.5, 0.6) is 0 Å². The van der Waals surface area contributed by atoms with Crippen LogP contribution in [0.4, 0.5) is 15.9 Å². The van der Waals surface area contributed by atoms with Gasteiger partial charge in [0.15, 0.2) is 5.82 Å². The minimum atomic E-state index is -3.81. The van der Waals surface area contributed by atoms with Crippen LogP contribution >= 0.6 is 0 Å². The van der Waals surface area contributed by atoms with Gasteiger partial charge in [-0.05, 0) is 60.9 Å². The quantitative estimate of drug-likeness (QED) is 0.456. The number of sulfonamides is 1. The van der Waals surface area contributed by atoms with Crippen molar-refractivity contribution >= 4 is 27.5 Å². The van der Waals surface area contributed by atoms with Gasteiger partial charge in [-0.1, -0.05) is 0 Å². The van der Waals surface area contributed by atoms with Gasteiger partial charge in [0.2, 0.25) is 10.0 Å². The van der Waals surface area contributed by atoms with Gasteiger partial charge in [0.25, 0.3) is 5.56 Å². The summed E-state index contributed by atoms with van der Waals surface area (Å²) in [6.45, 7) is 5.48. The summed E-state index contributed by atoms with van der Waals surface area (Å²) in [5.41, 5.74) is 2.81. The number of aromatic nitrogens is 2. The van der Waals surface area contributed by atoms with E-state index in [1.807, 2.05) is 26.0 Å². The van der Waals surface area contributed by atoms with Crippen LogP contribution in [0.2, 0.25) is 0 Å². The number of carboxylic acid groups (broad SMARTS) is 1. The molecule has 1 aliphatic rings. The number of carbonyl (C=O) groups is 1. The number of nitrogens with one attached hydrogen (secondary N) is 1. The first-order chi connectivity index (χ1) is 17.4. The second-order valence-corrected chi connectivity index (χ2v) is 11.4. The van der Waals surface area contributed by atoms with Gasteiger partial charge in [-0.15, -0.1) is 0 Å². The van der Waals surface area contributed by atoms with Gasteiger partial charge in [0.05, 0.1) is 16.5 Å². The lowest BCUT2D eigenvalue weighted by molar-refractivity contribution is -0.147. The molecule has 0 aliphatic carbocycles. The molecule has 2 N–H and O–H groups in total. The molecule has 37 heavy (non-hydrogen) atoms.